The van der Waals surface area contributed by atoms with Gasteiger partial charge in [0.1, 0.15) is 10.8 Å². The molecule has 2 rings (SSSR count). The topological polar surface area (TPSA) is 38.3 Å². The Balaban J connectivity index is 2.05. The normalized spacial score (nSPS) is 11.1. The number of Topliss-reactive ketones (excluding diaryl/α,β-unsaturated/α-hetero) is 1. The van der Waals surface area contributed by atoms with Crippen LogP contribution in [-0.4, -0.2) is 12.9 Å². The van der Waals surface area contributed by atoms with Gasteiger partial charge >= 0.3 is 0 Å². The summed E-state index contributed by atoms with van der Waals surface area (Å²) in [4.78, 5) is 12.1. The molecule has 0 aromatic heterocycles. The molecule has 0 heterocycles. The van der Waals surface area contributed by atoms with Crippen molar-refractivity contribution in [2.24, 2.45) is 0 Å². The molecule has 1 N–H and O–H groups in total. The number of allylic oxidation sites excluding steroid dienone is 1. The number of carbonyl (C=O) groups is 1. The standard InChI is InChI=1S/C16H13Cl2NO2/c1-21-14-8-6-13(7-9-14)19-10-15(18)16(20)11-2-4-12(17)5-3-11/h2-10,19H,1H3/b15-10-. The minimum absolute atomic E-state index is 0.0909. The number of hydrogen-bond donors (Lipinski definition) is 1. The van der Waals surface area contributed by atoms with Gasteiger partial charge in [-0.15, -0.1) is 0 Å². The maximum absolute atomic E-state index is 12.1. The van der Waals surface area contributed by atoms with Crippen molar-refractivity contribution >= 4 is 34.7 Å². The lowest BCUT2D eigenvalue weighted by atomic mass is 10.1. The molecule has 0 amide bonds. The van der Waals surface area contributed by atoms with Crippen molar-refractivity contribution < 1.29 is 9.53 Å². The van der Waals surface area contributed by atoms with Crippen molar-refractivity contribution in [3.05, 3.63) is 70.3 Å². The summed E-state index contributed by atoms with van der Waals surface area (Å²) in [6, 6.07) is 13.8. The van der Waals surface area contributed by atoms with E-state index in [0.29, 0.717) is 10.6 Å². The average Bonchev–Trinajstić information content (AvgIpc) is 2.53. The SMILES string of the molecule is COc1ccc(N/C=C(\Cl)C(=O)c2ccc(Cl)cc2)cc1. The molecule has 0 bridgehead atoms. The van der Waals surface area contributed by atoms with Crippen molar-refractivity contribution in [3.8, 4) is 5.75 Å². The van der Waals surface area contributed by atoms with Crippen molar-refractivity contribution in [2.75, 3.05) is 12.4 Å². The highest BCUT2D eigenvalue weighted by Gasteiger charge is 2.09. The Morgan fingerprint density at radius 1 is 1.10 bits per heavy atom. The number of ketones is 1. The van der Waals surface area contributed by atoms with Crippen LogP contribution in [0, 0.1) is 0 Å². The van der Waals surface area contributed by atoms with Gasteiger partial charge in [-0.3, -0.25) is 4.79 Å². The lowest BCUT2D eigenvalue weighted by Crippen LogP contribution is -2.01. The van der Waals surface area contributed by atoms with E-state index >= 15 is 0 Å². The molecule has 3 nitrogen and oxygen atoms in total. The van der Waals surface area contributed by atoms with Gasteiger partial charge in [0.15, 0.2) is 0 Å². The molecule has 0 saturated heterocycles. The smallest absolute Gasteiger partial charge is 0.205 e. The first-order valence-corrected chi connectivity index (χ1v) is 6.92. The molecule has 21 heavy (non-hydrogen) atoms. The van der Waals surface area contributed by atoms with Gasteiger partial charge < -0.3 is 10.1 Å². The van der Waals surface area contributed by atoms with Crippen LogP contribution in [0.15, 0.2) is 59.8 Å². The number of benzene rings is 2. The Bertz CT molecular complexity index is 649. The fraction of sp³-hybridized carbons (Fsp3) is 0.0625. The molecule has 0 fully saturated rings. The van der Waals surface area contributed by atoms with Crippen LogP contribution >= 0.6 is 23.2 Å². The van der Waals surface area contributed by atoms with E-state index in [1.54, 1.807) is 31.4 Å². The zero-order chi connectivity index (χ0) is 15.2. The molecule has 2 aromatic carbocycles. The van der Waals surface area contributed by atoms with Gasteiger partial charge in [-0.25, -0.2) is 0 Å². The van der Waals surface area contributed by atoms with Crippen LogP contribution in [0.3, 0.4) is 0 Å². The molecule has 0 atom stereocenters. The number of ether oxygens (including phenoxy) is 1. The third kappa shape index (κ3) is 4.25. The van der Waals surface area contributed by atoms with E-state index in [4.69, 9.17) is 27.9 Å². The highest BCUT2D eigenvalue weighted by molar-refractivity contribution is 6.45. The second-order valence-corrected chi connectivity index (χ2v) is 5.04. The number of methoxy groups -OCH3 is 1. The van der Waals surface area contributed by atoms with E-state index in [-0.39, 0.29) is 10.8 Å². The predicted octanol–water partition coefficient (Wildman–Crippen LogP) is 4.72. The van der Waals surface area contributed by atoms with Crippen LogP contribution in [0.1, 0.15) is 10.4 Å². The minimum Gasteiger partial charge on any atom is -0.497 e. The van der Waals surface area contributed by atoms with Gasteiger partial charge in [0.2, 0.25) is 5.78 Å². The molecule has 0 radical (unpaired) electrons. The Morgan fingerprint density at radius 3 is 2.29 bits per heavy atom. The molecule has 108 valence electrons. The molecule has 5 heteroatoms. The third-order valence-corrected chi connectivity index (χ3v) is 3.31. The van der Waals surface area contributed by atoms with Gasteiger partial charge in [-0.2, -0.15) is 0 Å². The number of rotatable bonds is 5. The summed E-state index contributed by atoms with van der Waals surface area (Å²) in [5.41, 5.74) is 1.29. The molecule has 0 unspecified atom stereocenters. The first-order valence-electron chi connectivity index (χ1n) is 6.16. The highest BCUT2D eigenvalue weighted by Crippen LogP contribution is 2.18. The number of carbonyl (C=O) groups excluding carboxylic acids is 1. The van der Waals surface area contributed by atoms with Crippen molar-refractivity contribution in [1.82, 2.24) is 0 Å². The zero-order valence-electron chi connectivity index (χ0n) is 11.3. The summed E-state index contributed by atoms with van der Waals surface area (Å²) < 4.78 is 5.07. The van der Waals surface area contributed by atoms with Gasteiger partial charge in [0, 0.05) is 22.5 Å². The van der Waals surface area contributed by atoms with Gasteiger partial charge in [-0.1, -0.05) is 23.2 Å². The third-order valence-electron chi connectivity index (χ3n) is 2.78. The summed E-state index contributed by atoms with van der Waals surface area (Å²) in [6.07, 6.45) is 1.46. The Hall–Kier alpha value is -1.97. The second-order valence-electron chi connectivity index (χ2n) is 4.20. The van der Waals surface area contributed by atoms with Crippen molar-refractivity contribution in [2.45, 2.75) is 0 Å². The number of nitrogens with one attached hydrogen (secondary N) is 1. The van der Waals surface area contributed by atoms with Crippen LogP contribution in [0.4, 0.5) is 5.69 Å². The molecule has 0 aliphatic carbocycles. The monoisotopic (exact) mass is 321 g/mol. The average molecular weight is 322 g/mol. The van der Waals surface area contributed by atoms with E-state index in [0.717, 1.165) is 11.4 Å². The Labute approximate surface area is 133 Å². The van der Waals surface area contributed by atoms with Crippen LogP contribution in [0.25, 0.3) is 0 Å². The molecule has 0 spiro atoms. The highest BCUT2D eigenvalue weighted by atomic mass is 35.5. The lowest BCUT2D eigenvalue weighted by molar-refractivity contribution is 0.104. The Morgan fingerprint density at radius 2 is 1.71 bits per heavy atom. The molecule has 0 aliphatic rings. The quantitative estimate of drug-likeness (QED) is 0.639. The van der Waals surface area contributed by atoms with Crippen molar-refractivity contribution in [3.63, 3.8) is 0 Å². The maximum atomic E-state index is 12.1. The van der Waals surface area contributed by atoms with E-state index in [1.165, 1.54) is 6.20 Å². The summed E-state index contributed by atoms with van der Waals surface area (Å²) in [5.74, 6) is 0.488. The maximum Gasteiger partial charge on any atom is 0.205 e. The fourth-order valence-electron chi connectivity index (χ4n) is 1.64. The fourth-order valence-corrected chi connectivity index (χ4v) is 1.93. The number of anilines is 1. The van der Waals surface area contributed by atoms with Gasteiger partial charge in [0.05, 0.1) is 7.11 Å². The van der Waals surface area contributed by atoms with Crippen molar-refractivity contribution in [1.29, 1.82) is 0 Å². The summed E-state index contributed by atoms with van der Waals surface area (Å²) in [5, 5.41) is 3.62. The number of hydrogen-bond acceptors (Lipinski definition) is 3. The first kappa shape index (κ1) is 15.4. The summed E-state index contributed by atoms with van der Waals surface area (Å²) in [6.45, 7) is 0. The first-order chi connectivity index (χ1) is 10.1. The van der Waals surface area contributed by atoms with Crippen LogP contribution in [0.2, 0.25) is 5.02 Å². The molecule has 0 saturated carbocycles. The van der Waals surface area contributed by atoms with E-state index in [9.17, 15) is 4.79 Å². The second kappa shape index (κ2) is 7.16. The van der Waals surface area contributed by atoms with Gasteiger partial charge in [-0.05, 0) is 48.5 Å². The molecule has 0 aliphatic heterocycles. The molecular weight excluding hydrogens is 309 g/mol. The molecule has 2 aromatic rings. The van der Waals surface area contributed by atoms with E-state index in [2.05, 4.69) is 5.32 Å². The van der Waals surface area contributed by atoms with E-state index < -0.39 is 0 Å². The van der Waals surface area contributed by atoms with Gasteiger partial charge in [0.25, 0.3) is 0 Å². The minimum atomic E-state index is -0.269. The summed E-state index contributed by atoms with van der Waals surface area (Å²) >= 11 is 11.8. The van der Waals surface area contributed by atoms with E-state index in [1.807, 2.05) is 24.3 Å². The molecular formula is C16H13Cl2NO2. The predicted molar refractivity (Wildman–Crippen MR) is 86.3 cm³/mol. The van der Waals surface area contributed by atoms with Crippen LogP contribution in [0.5, 0.6) is 5.75 Å². The lowest BCUT2D eigenvalue weighted by Gasteiger charge is -2.04. The summed E-state index contributed by atoms with van der Waals surface area (Å²) in [7, 11) is 1.60. The van der Waals surface area contributed by atoms with Crippen LogP contribution in [-0.2, 0) is 0 Å². The largest absolute Gasteiger partial charge is 0.497 e. The van der Waals surface area contributed by atoms with Crippen LogP contribution < -0.4 is 10.1 Å². The number of halogens is 2. The zero-order valence-corrected chi connectivity index (χ0v) is 12.8. The Kier molecular flexibility index (Phi) is 5.26.